The van der Waals surface area contributed by atoms with Crippen LogP contribution in [0.1, 0.15) is 17.2 Å². The molecule has 2 aromatic carbocycles. The molecule has 0 saturated carbocycles. The molecular formula is C18H20N2O8S. The molecule has 0 aliphatic heterocycles. The molecule has 10 nitrogen and oxygen atoms in total. The molecule has 0 spiro atoms. The summed E-state index contributed by atoms with van der Waals surface area (Å²) in [5, 5.41) is 33.8. The van der Waals surface area contributed by atoms with Crippen molar-refractivity contribution in [2.75, 3.05) is 12.8 Å². The summed E-state index contributed by atoms with van der Waals surface area (Å²) in [6.45, 7) is -0.441. The van der Waals surface area contributed by atoms with Crippen LogP contribution < -0.4 is 5.32 Å². The van der Waals surface area contributed by atoms with E-state index in [4.69, 9.17) is 4.74 Å². The molecule has 0 heterocycles. The second-order valence-electron chi connectivity index (χ2n) is 6.20. The van der Waals surface area contributed by atoms with Gasteiger partial charge in [0.2, 0.25) is 0 Å². The molecule has 0 radical (unpaired) electrons. The van der Waals surface area contributed by atoms with E-state index in [0.29, 0.717) is 0 Å². The topological polar surface area (TPSA) is 156 Å². The summed E-state index contributed by atoms with van der Waals surface area (Å²) in [5.41, 5.74) is -0.190. The number of hydrogen-bond acceptors (Lipinski definition) is 8. The fraction of sp³-hybridized carbons (Fsp3) is 0.278. The van der Waals surface area contributed by atoms with Crippen LogP contribution in [0.25, 0.3) is 0 Å². The average molecular weight is 424 g/mol. The lowest BCUT2D eigenvalue weighted by atomic mass is 10.0. The molecule has 0 bridgehead atoms. The van der Waals surface area contributed by atoms with Crippen LogP contribution in [0.15, 0.2) is 53.4 Å². The third-order valence-electron chi connectivity index (χ3n) is 3.98. The number of nitrogens with one attached hydrogen (secondary N) is 1. The first kappa shape index (κ1) is 22.3. The van der Waals surface area contributed by atoms with Crippen LogP contribution in [0.5, 0.6) is 0 Å². The Balaban J connectivity index is 2.01. The minimum absolute atomic E-state index is 0.00372. The maximum Gasteiger partial charge on any atom is 0.407 e. The maximum absolute atomic E-state index is 11.7. The quantitative estimate of drug-likeness (QED) is 0.423. The zero-order chi connectivity index (χ0) is 21.6. The number of amides is 1. The molecule has 0 fully saturated rings. The molecule has 156 valence electrons. The van der Waals surface area contributed by atoms with E-state index < -0.39 is 45.3 Å². The third kappa shape index (κ3) is 6.24. The van der Waals surface area contributed by atoms with E-state index in [0.717, 1.165) is 30.0 Å². The van der Waals surface area contributed by atoms with Crippen molar-refractivity contribution in [3.63, 3.8) is 0 Å². The Morgan fingerprint density at radius 2 is 1.86 bits per heavy atom. The lowest BCUT2D eigenvalue weighted by Gasteiger charge is -2.19. The number of carbonyl (C=O) groups excluding carboxylic acids is 1. The highest BCUT2D eigenvalue weighted by Gasteiger charge is 2.28. The van der Waals surface area contributed by atoms with E-state index in [9.17, 15) is 33.5 Å². The molecule has 2 rings (SSSR count). The van der Waals surface area contributed by atoms with E-state index in [2.05, 4.69) is 5.32 Å². The maximum atomic E-state index is 11.7. The van der Waals surface area contributed by atoms with Crippen molar-refractivity contribution < 1.29 is 33.1 Å². The summed E-state index contributed by atoms with van der Waals surface area (Å²) >= 11 is 0. The van der Waals surface area contributed by atoms with Crippen molar-refractivity contribution >= 4 is 21.6 Å². The number of hydrogen-bond donors (Lipinski definition) is 3. The molecule has 2 aromatic rings. The zero-order valence-electron chi connectivity index (χ0n) is 15.4. The number of ether oxygens (including phenoxy) is 1. The largest absolute Gasteiger partial charge is 0.445 e. The molecule has 1 amide bonds. The third-order valence-corrected chi connectivity index (χ3v) is 5.09. The molecule has 2 unspecified atom stereocenters. The summed E-state index contributed by atoms with van der Waals surface area (Å²) in [7, 11) is -3.69. The highest BCUT2D eigenvalue weighted by Crippen LogP contribution is 2.29. The number of nitro groups is 1. The lowest BCUT2D eigenvalue weighted by Crippen LogP contribution is -2.36. The monoisotopic (exact) mass is 424 g/mol. The van der Waals surface area contributed by atoms with Gasteiger partial charge in [0.25, 0.3) is 5.69 Å². The Morgan fingerprint density at radius 3 is 2.45 bits per heavy atom. The second kappa shape index (κ2) is 9.45. The van der Waals surface area contributed by atoms with Crippen molar-refractivity contribution in [2.24, 2.45) is 0 Å². The number of nitrogens with zero attached hydrogens (tertiary/aromatic N) is 1. The number of aliphatic hydroxyl groups excluding tert-OH is 2. The highest BCUT2D eigenvalue weighted by atomic mass is 32.2. The number of sulfone groups is 1. The number of aliphatic hydroxyl groups is 2. The van der Waals surface area contributed by atoms with Crippen LogP contribution in [-0.2, 0) is 21.2 Å². The molecular weight excluding hydrogens is 404 g/mol. The van der Waals surface area contributed by atoms with Gasteiger partial charge < -0.3 is 20.3 Å². The first-order valence-electron chi connectivity index (χ1n) is 8.38. The molecule has 11 heteroatoms. The van der Waals surface area contributed by atoms with E-state index in [1.807, 2.05) is 6.07 Å². The predicted molar refractivity (Wildman–Crippen MR) is 102 cm³/mol. The van der Waals surface area contributed by atoms with Crippen LogP contribution in [0.4, 0.5) is 10.5 Å². The summed E-state index contributed by atoms with van der Waals surface area (Å²) < 4.78 is 28.1. The first-order valence-corrected chi connectivity index (χ1v) is 10.3. The van der Waals surface area contributed by atoms with Gasteiger partial charge in [-0.3, -0.25) is 10.1 Å². The predicted octanol–water partition coefficient (Wildman–Crippen LogP) is 1.32. The number of carbonyl (C=O) groups is 1. The van der Waals surface area contributed by atoms with Crippen LogP contribution in [0.3, 0.4) is 0 Å². The molecule has 0 saturated heterocycles. The van der Waals surface area contributed by atoms with Gasteiger partial charge in [-0.1, -0.05) is 30.3 Å². The Hall–Kier alpha value is -3.02. The lowest BCUT2D eigenvalue weighted by molar-refractivity contribution is -0.386. The summed E-state index contributed by atoms with van der Waals surface area (Å²) in [6.07, 6.45) is -3.29. The standard InChI is InChI=1S/C18H20N2O8S/c1-29(26,27)13-7-8-14(15(9-13)20(24)25)17(22)16(21)10-19-18(23)28-11-12-5-3-2-4-6-12/h2-9,16-17,21-22H,10-11H2,1H3,(H,19,23). The van der Waals surface area contributed by atoms with Gasteiger partial charge in [-0.05, 0) is 17.7 Å². The van der Waals surface area contributed by atoms with Crippen molar-refractivity contribution in [3.05, 3.63) is 69.8 Å². The minimum Gasteiger partial charge on any atom is -0.445 e. The molecule has 0 aromatic heterocycles. The van der Waals surface area contributed by atoms with Crippen molar-refractivity contribution in [1.82, 2.24) is 5.32 Å². The first-order chi connectivity index (χ1) is 13.6. The van der Waals surface area contributed by atoms with Crippen molar-refractivity contribution in [1.29, 1.82) is 0 Å². The fourth-order valence-electron chi connectivity index (χ4n) is 2.44. The Morgan fingerprint density at radius 1 is 1.21 bits per heavy atom. The van der Waals surface area contributed by atoms with E-state index >= 15 is 0 Å². The van der Waals surface area contributed by atoms with E-state index in [-0.39, 0.29) is 17.1 Å². The molecule has 0 aliphatic carbocycles. The smallest absolute Gasteiger partial charge is 0.407 e. The van der Waals surface area contributed by atoms with E-state index in [1.165, 1.54) is 0 Å². The minimum atomic E-state index is -3.69. The van der Waals surface area contributed by atoms with Crippen LogP contribution in [0, 0.1) is 10.1 Å². The van der Waals surface area contributed by atoms with E-state index in [1.54, 1.807) is 24.3 Å². The summed E-state index contributed by atoms with van der Waals surface area (Å²) in [6, 6.07) is 11.8. The average Bonchev–Trinajstić information content (AvgIpc) is 2.69. The van der Waals surface area contributed by atoms with Gasteiger partial charge in [-0.25, -0.2) is 13.2 Å². The Kier molecular flexibility index (Phi) is 7.26. The van der Waals surface area contributed by atoms with Gasteiger partial charge in [0, 0.05) is 18.9 Å². The summed E-state index contributed by atoms with van der Waals surface area (Å²) in [5.74, 6) is 0. The van der Waals surface area contributed by atoms with Crippen molar-refractivity contribution in [3.8, 4) is 0 Å². The molecule has 2 atom stereocenters. The number of nitro benzene ring substituents is 1. The fourth-order valence-corrected chi connectivity index (χ4v) is 3.08. The van der Waals surface area contributed by atoms with Crippen LogP contribution in [0.2, 0.25) is 0 Å². The van der Waals surface area contributed by atoms with Gasteiger partial charge in [0.05, 0.1) is 15.4 Å². The molecule has 29 heavy (non-hydrogen) atoms. The Labute approximate surface area is 166 Å². The van der Waals surface area contributed by atoms with Gasteiger partial charge >= 0.3 is 6.09 Å². The molecule has 0 aliphatic rings. The van der Waals surface area contributed by atoms with Crippen LogP contribution >= 0.6 is 0 Å². The SMILES string of the molecule is CS(=O)(=O)c1ccc(C(O)C(O)CNC(=O)OCc2ccccc2)c([N+](=O)[O-])c1. The zero-order valence-corrected chi connectivity index (χ0v) is 16.2. The number of benzene rings is 2. The number of alkyl carbamates (subject to hydrolysis) is 1. The van der Waals surface area contributed by atoms with Gasteiger partial charge in [0.1, 0.15) is 18.8 Å². The van der Waals surface area contributed by atoms with Gasteiger partial charge in [0.15, 0.2) is 9.84 Å². The van der Waals surface area contributed by atoms with Gasteiger partial charge in [-0.2, -0.15) is 0 Å². The second-order valence-corrected chi connectivity index (χ2v) is 8.22. The molecule has 3 N–H and O–H groups in total. The van der Waals surface area contributed by atoms with Gasteiger partial charge in [-0.15, -0.1) is 0 Å². The Bertz CT molecular complexity index is 979. The van der Waals surface area contributed by atoms with Crippen LogP contribution in [-0.4, -0.2) is 48.6 Å². The number of rotatable bonds is 8. The van der Waals surface area contributed by atoms with Crippen molar-refractivity contribution in [2.45, 2.75) is 23.7 Å². The summed E-state index contributed by atoms with van der Waals surface area (Å²) in [4.78, 5) is 21.8. The highest BCUT2D eigenvalue weighted by molar-refractivity contribution is 7.90. The normalized spacial score (nSPS) is 13.3.